The second-order valence-electron chi connectivity index (χ2n) is 6.43. The first-order valence-electron chi connectivity index (χ1n) is 9.12. The van der Waals surface area contributed by atoms with Crippen LogP contribution in [0.5, 0.6) is 0 Å². The van der Waals surface area contributed by atoms with Gasteiger partial charge in [-0.25, -0.2) is 14.4 Å². The number of thiazole rings is 1. The molecule has 5 nitrogen and oxygen atoms in total. The van der Waals surface area contributed by atoms with E-state index in [9.17, 15) is 9.18 Å². The molecule has 2 heterocycles. The standard InChI is InChI=1S/C21H19FN4OS2/c1-28-16-6-2-5-15(13-16)20(27)26(11-4-10-25-12-9-23-14-25)21-24-19-17(22)7-3-8-18(19)29-21/h2-3,5-9,12-14H,4,10-11H2,1H3. The van der Waals surface area contributed by atoms with Crippen molar-refractivity contribution < 1.29 is 9.18 Å². The predicted molar refractivity (Wildman–Crippen MR) is 116 cm³/mol. The van der Waals surface area contributed by atoms with E-state index in [-0.39, 0.29) is 11.7 Å². The van der Waals surface area contributed by atoms with Gasteiger partial charge in [-0.3, -0.25) is 9.69 Å². The molecule has 0 bridgehead atoms. The van der Waals surface area contributed by atoms with Crippen molar-refractivity contribution in [2.75, 3.05) is 17.7 Å². The van der Waals surface area contributed by atoms with E-state index in [0.29, 0.717) is 22.8 Å². The molecular formula is C21H19FN4OS2. The Labute approximate surface area is 176 Å². The Morgan fingerprint density at radius 1 is 1.28 bits per heavy atom. The summed E-state index contributed by atoms with van der Waals surface area (Å²) < 4.78 is 16.8. The minimum atomic E-state index is -0.375. The van der Waals surface area contributed by atoms with Gasteiger partial charge in [0, 0.05) is 35.9 Å². The highest BCUT2D eigenvalue weighted by Crippen LogP contribution is 2.31. The lowest BCUT2D eigenvalue weighted by molar-refractivity contribution is 0.0986. The van der Waals surface area contributed by atoms with Crippen LogP contribution in [0, 0.1) is 5.82 Å². The molecule has 2 aromatic carbocycles. The molecule has 0 aliphatic heterocycles. The molecule has 4 aromatic rings. The summed E-state index contributed by atoms with van der Waals surface area (Å²) in [7, 11) is 0. The van der Waals surface area contributed by atoms with Gasteiger partial charge in [-0.15, -0.1) is 11.8 Å². The molecule has 0 saturated carbocycles. The molecule has 0 unspecified atom stereocenters. The summed E-state index contributed by atoms with van der Waals surface area (Å²) in [5, 5.41) is 0.510. The topological polar surface area (TPSA) is 51.0 Å². The maximum atomic E-state index is 14.2. The highest BCUT2D eigenvalue weighted by Gasteiger charge is 2.22. The number of imidazole rings is 1. The first-order chi connectivity index (χ1) is 14.2. The van der Waals surface area contributed by atoms with Gasteiger partial charge in [0.15, 0.2) is 5.13 Å². The van der Waals surface area contributed by atoms with Crippen LogP contribution in [0.1, 0.15) is 16.8 Å². The average molecular weight is 427 g/mol. The second-order valence-corrected chi connectivity index (χ2v) is 8.31. The Bertz CT molecular complexity index is 1130. The van der Waals surface area contributed by atoms with Gasteiger partial charge in [0.2, 0.25) is 0 Å². The molecule has 0 aliphatic carbocycles. The number of hydrogen-bond donors (Lipinski definition) is 0. The molecule has 0 fully saturated rings. The maximum Gasteiger partial charge on any atom is 0.260 e. The first-order valence-corrected chi connectivity index (χ1v) is 11.2. The van der Waals surface area contributed by atoms with E-state index >= 15 is 0 Å². The Balaban J connectivity index is 1.65. The van der Waals surface area contributed by atoms with Crippen LogP contribution in [0.3, 0.4) is 0 Å². The fraction of sp³-hybridized carbons (Fsp3) is 0.190. The largest absolute Gasteiger partial charge is 0.337 e. The van der Waals surface area contributed by atoms with Crippen LogP contribution in [0.2, 0.25) is 0 Å². The zero-order valence-electron chi connectivity index (χ0n) is 15.8. The Morgan fingerprint density at radius 2 is 2.14 bits per heavy atom. The smallest absolute Gasteiger partial charge is 0.260 e. The molecule has 0 saturated heterocycles. The number of carbonyl (C=O) groups excluding carboxylic acids is 1. The van der Waals surface area contributed by atoms with Crippen molar-refractivity contribution in [3.05, 3.63) is 72.6 Å². The Morgan fingerprint density at radius 3 is 2.90 bits per heavy atom. The van der Waals surface area contributed by atoms with Crippen molar-refractivity contribution in [1.82, 2.24) is 14.5 Å². The van der Waals surface area contributed by atoms with Crippen LogP contribution >= 0.6 is 23.1 Å². The van der Waals surface area contributed by atoms with Gasteiger partial charge >= 0.3 is 0 Å². The van der Waals surface area contributed by atoms with Gasteiger partial charge in [-0.1, -0.05) is 23.5 Å². The zero-order chi connectivity index (χ0) is 20.2. The summed E-state index contributed by atoms with van der Waals surface area (Å²) in [6.45, 7) is 1.20. The summed E-state index contributed by atoms with van der Waals surface area (Å²) in [5.74, 6) is -0.508. The predicted octanol–water partition coefficient (Wildman–Crippen LogP) is 5.09. The van der Waals surface area contributed by atoms with Crippen molar-refractivity contribution in [3.63, 3.8) is 0 Å². The molecule has 2 aromatic heterocycles. The SMILES string of the molecule is CSc1cccc(C(=O)N(CCCn2ccnc2)c2nc3c(F)cccc3s2)c1. The van der Waals surface area contributed by atoms with Gasteiger partial charge in [0.25, 0.3) is 5.91 Å². The fourth-order valence-electron chi connectivity index (χ4n) is 3.05. The third kappa shape index (κ3) is 4.33. The van der Waals surface area contributed by atoms with Gasteiger partial charge in [-0.05, 0) is 43.0 Å². The molecule has 29 heavy (non-hydrogen) atoms. The van der Waals surface area contributed by atoms with E-state index in [4.69, 9.17) is 0 Å². The number of thioether (sulfide) groups is 1. The molecule has 0 radical (unpaired) electrons. The van der Waals surface area contributed by atoms with Crippen molar-refractivity contribution >= 4 is 44.4 Å². The number of anilines is 1. The molecule has 4 rings (SSSR count). The van der Waals surface area contributed by atoms with Crippen molar-refractivity contribution in [1.29, 1.82) is 0 Å². The lowest BCUT2D eigenvalue weighted by atomic mass is 10.2. The summed E-state index contributed by atoms with van der Waals surface area (Å²) >= 11 is 2.92. The summed E-state index contributed by atoms with van der Waals surface area (Å²) in [4.78, 5) is 24.5. The number of carbonyl (C=O) groups is 1. The summed E-state index contributed by atoms with van der Waals surface area (Å²) in [6, 6.07) is 12.4. The normalized spacial score (nSPS) is 11.1. The lowest BCUT2D eigenvalue weighted by Crippen LogP contribution is -2.32. The number of hydrogen-bond acceptors (Lipinski definition) is 5. The number of para-hydroxylation sites is 1. The molecule has 0 spiro atoms. The Hall–Kier alpha value is -2.71. The van der Waals surface area contributed by atoms with Gasteiger partial charge in [-0.2, -0.15) is 0 Å². The van der Waals surface area contributed by atoms with E-state index in [1.165, 1.54) is 17.4 Å². The molecule has 1 amide bonds. The van der Waals surface area contributed by atoms with Crippen LogP contribution in [0.25, 0.3) is 10.2 Å². The summed E-state index contributed by atoms with van der Waals surface area (Å²) in [5.41, 5.74) is 0.900. The number of fused-ring (bicyclic) bond motifs is 1. The minimum Gasteiger partial charge on any atom is -0.337 e. The Kier molecular flexibility index (Phi) is 5.92. The molecule has 148 valence electrons. The third-order valence-corrected chi connectivity index (χ3v) is 6.28. The van der Waals surface area contributed by atoms with Gasteiger partial charge in [0.05, 0.1) is 11.0 Å². The van der Waals surface area contributed by atoms with E-state index in [1.807, 2.05) is 41.3 Å². The van der Waals surface area contributed by atoms with E-state index in [1.54, 1.807) is 41.3 Å². The average Bonchev–Trinajstić information content (AvgIpc) is 3.41. The van der Waals surface area contributed by atoms with Crippen LogP contribution in [0.15, 0.2) is 66.1 Å². The fourth-order valence-corrected chi connectivity index (χ4v) is 4.51. The zero-order valence-corrected chi connectivity index (χ0v) is 17.4. The number of nitrogens with zero attached hydrogens (tertiary/aromatic N) is 4. The highest BCUT2D eigenvalue weighted by molar-refractivity contribution is 7.98. The maximum absolute atomic E-state index is 14.2. The van der Waals surface area contributed by atoms with E-state index in [0.717, 1.165) is 22.6 Å². The number of halogens is 1. The van der Waals surface area contributed by atoms with Gasteiger partial charge < -0.3 is 4.57 Å². The summed E-state index contributed by atoms with van der Waals surface area (Å²) in [6.07, 6.45) is 8.07. The van der Waals surface area contributed by atoms with Crippen LogP contribution in [-0.4, -0.2) is 33.2 Å². The number of aromatic nitrogens is 3. The number of benzene rings is 2. The van der Waals surface area contributed by atoms with Crippen molar-refractivity contribution in [3.8, 4) is 0 Å². The quantitative estimate of drug-likeness (QED) is 0.386. The minimum absolute atomic E-state index is 0.133. The van der Waals surface area contributed by atoms with Crippen LogP contribution in [-0.2, 0) is 6.54 Å². The van der Waals surface area contributed by atoms with Crippen molar-refractivity contribution in [2.45, 2.75) is 17.9 Å². The molecular weight excluding hydrogens is 407 g/mol. The third-order valence-electron chi connectivity index (χ3n) is 4.51. The van der Waals surface area contributed by atoms with Crippen molar-refractivity contribution in [2.24, 2.45) is 0 Å². The molecule has 0 N–H and O–H groups in total. The number of rotatable bonds is 7. The highest BCUT2D eigenvalue weighted by atomic mass is 32.2. The molecule has 0 atom stereocenters. The van der Waals surface area contributed by atoms with E-state index < -0.39 is 0 Å². The van der Waals surface area contributed by atoms with Gasteiger partial charge in [0.1, 0.15) is 11.3 Å². The number of aryl methyl sites for hydroxylation is 1. The second kappa shape index (κ2) is 8.75. The van der Waals surface area contributed by atoms with E-state index in [2.05, 4.69) is 9.97 Å². The molecule has 0 aliphatic rings. The van der Waals surface area contributed by atoms with Crippen LogP contribution in [0.4, 0.5) is 9.52 Å². The lowest BCUT2D eigenvalue weighted by Gasteiger charge is -2.20. The first kappa shape index (κ1) is 19.6. The molecule has 8 heteroatoms. The number of amides is 1. The monoisotopic (exact) mass is 426 g/mol. The van der Waals surface area contributed by atoms with Crippen LogP contribution < -0.4 is 4.90 Å².